The predicted octanol–water partition coefficient (Wildman–Crippen LogP) is 2.71. The molecule has 1 aromatic rings. The van der Waals surface area contributed by atoms with Crippen molar-refractivity contribution >= 4 is 0 Å². The highest BCUT2D eigenvalue weighted by Crippen LogP contribution is 2.15. The van der Waals surface area contributed by atoms with E-state index in [2.05, 4.69) is 30.0 Å². The van der Waals surface area contributed by atoms with Crippen molar-refractivity contribution in [3.8, 4) is 0 Å². The SMILES string of the molecule is CCCC(N)c1ccn(CCCOCC)c1. The van der Waals surface area contributed by atoms with E-state index in [1.165, 1.54) is 5.56 Å². The highest BCUT2D eigenvalue weighted by molar-refractivity contribution is 5.14. The van der Waals surface area contributed by atoms with E-state index in [0.29, 0.717) is 0 Å². The third-order valence-electron chi connectivity index (χ3n) is 2.71. The molecule has 1 rings (SSSR count). The van der Waals surface area contributed by atoms with Crippen LogP contribution in [-0.2, 0) is 11.3 Å². The molecule has 0 radical (unpaired) electrons. The van der Waals surface area contributed by atoms with Crippen LogP contribution in [0.1, 0.15) is 44.7 Å². The Bertz CT molecular complexity index is 283. The van der Waals surface area contributed by atoms with E-state index >= 15 is 0 Å². The van der Waals surface area contributed by atoms with Gasteiger partial charge in [0.05, 0.1) is 0 Å². The van der Waals surface area contributed by atoms with E-state index in [4.69, 9.17) is 10.5 Å². The summed E-state index contributed by atoms with van der Waals surface area (Å²) in [5.74, 6) is 0. The first kappa shape index (κ1) is 13.3. The minimum atomic E-state index is 0.193. The second-order valence-corrected chi connectivity index (χ2v) is 4.13. The number of aryl methyl sites for hydroxylation is 1. The Kier molecular flexibility index (Phi) is 6.19. The molecule has 0 amide bonds. The molecule has 2 N–H and O–H groups in total. The van der Waals surface area contributed by atoms with Gasteiger partial charge in [-0.3, -0.25) is 0 Å². The van der Waals surface area contributed by atoms with Crippen LogP contribution in [0.15, 0.2) is 18.5 Å². The van der Waals surface area contributed by atoms with Crippen molar-refractivity contribution in [2.75, 3.05) is 13.2 Å². The summed E-state index contributed by atoms with van der Waals surface area (Å²) in [6.45, 7) is 6.85. The molecule has 0 spiro atoms. The molecule has 0 aliphatic heterocycles. The van der Waals surface area contributed by atoms with Crippen LogP contribution in [0.4, 0.5) is 0 Å². The fraction of sp³-hybridized carbons (Fsp3) is 0.692. The van der Waals surface area contributed by atoms with E-state index in [1.54, 1.807) is 0 Å². The minimum Gasteiger partial charge on any atom is -0.382 e. The molecule has 1 unspecified atom stereocenters. The maximum atomic E-state index is 6.06. The van der Waals surface area contributed by atoms with Gasteiger partial charge in [0.1, 0.15) is 0 Å². The average molecular weight is 224 g/mol. The maximum absolute atomic E-state index is 6.06. The van der Waals surface area contributed by atoms with E-state index in [9.17, 15) is 0 Å². The van der Waals surface area contributed by atoms with Crippen LogP contribution in [0, 0.1) is 0 Å². The Balaban J connectivity index is 2.33. The second kappa shape index (κ2) is 7.47. The van der Waals surface area contributed by atoms with Crippen LogP contribution in [0.2, 0.25) is 0 Å². The third kappa shape index (κ3) is 4.37. The molecule has 0 bridgehead atoms. The molecule has 92 valence electrons. The maximum Gasteiger partial charge on any atom is 0.0482 e. The number of nitrogens with two attached hydrogens (primary N) is 1. The number of nitrogens with zero attached hydrogens (tertiary/aromatic N) is 1. The van der Waals surface area contributed by atoms with E-state index in [-0.39, 0.29) is 6.04 Å². The highest BCUT2D eigenvalue weighted by Gasteiger charge is 2.05. The Labute approximate surface area is 98.6 Å². The number of hydrogen-bond donors (Lipinski definition) is 1. The Morgan fingerprint density at radius 1 is 1.44 bits per heavy atom. The third-order valence-corrected chi connectivity index (χ3v) is 2.71. The lowest BCUT2D eigenvalue weighted by Gasteiger charge is -2.07. The highest BCUT2D eigenvalue weighted by atomic mass is 16.5. The van der Waals surface area contributed by atoms with Crippen LogP contribution < -0.4 is 5.73 Å². The first-order chi connectivity index (χ1) is 7.77. The van der Waals surface area contributed by atoms with Gasteiger partial charge in [-0.1, -0.05) is 13.3 Å². The van der Waals surface area contributed by atoms with Gasteiger partial charge in [0.2, 0.25) is 0 Å². The van der Waals surface area contributed by atoms with Gasteiger partial charge < -0.3 is 15.0 Å². The molecule has 1 aromatic heterocycles. The van der Waals surface area contributed by atoms with Crippen LogP contribution in [0.5, 0.6) is 0 Å². The number of aromatic nitrogens is 1. The summed E-state index contributed by atoms with van der Waals surface area (Å²) in [7, 11) is 0. The van der Waals surface area contributed by atoms with Gasteiger partial charge in [0, 0.05) is 38.2 Å². The quantitative estimate of drug-likeness (QED) is 0.690. The molecule has 0 saturated heterocycles. The minimum absolute atomic E-state index is 0.193. The number of ether oxygens (including phenoxy) is 1. The van der Waals surface area contributed by atoms with Crippen molar-refractivity contribution in [1.29, 1.82) is 0 Å². The van der Waals surface area contributed by atoms with Crippen molar-refractivity contribution in [2.45, 2.75) is 45.7 Å². The molecular formula is C13H24N2O. The molecule has 1 heterocycles. The summed E-state index contributed by atoms with van der Waals surface area (Å²) >= 11 is 0. The average Bonchev–Trinajstić information content (AvgIpc) is 2.73. The zero-order valence-corrected chi connectivity index (χ0v) is 10.5. The first-order valence-corrected chi connectivity index (χ1v) is 6.27. The van der Waals surface area contributed by atoms with Gasteiger partial charge in [-0.05, 0) is 31.4 Å². The summed E-state index contributed by atoms with van der Waals surface area (Å²) < 4.78 is 7.51. The molecule has 0 saturated carbocycles. The van der Waals surface area contributed by atoms with Gasteiger partial charge in [-0.15, -0.1) is 0 Å². The normalized spacial score (nSPS) is 12.9. The summed E-state index contributed by atoms with van der Waals surface area (Å²) in [6, 6.07) is 2.32. The van der Waals surface area contributed by atoms with Gasteiger partial charge in [0.25, 0.3) is 0 Å². The van der Waals surface area contributed by atoms with E-state index in [0.717, 1.165) is 39.0 Å². The van der Waals surface area contributed by atoms with Gasteiger partial charge >= 0.3 is 0 Å². The fourth-order valence-electron chi connectivity index (χ4n) is 1.79. The van der Waals surface area contributed by atoms with Crippen LogP contribution in [0.3, 0.4) is 0 Å². The Morgan fingerprint density at radius 3 is 2.94 bits per heavy atom. The lowest BCUT2D eigenvalue weighted by Crippen LogP contribution is -2.08. The van der Waals surface area contributed by atoms with Crippen LogP contribution in [-0.4, -0.2) is 17.8 Å². The Morgan fingerprint density at radius 2 is 2.25 bits per heavy atom. The molecule has 0 aromatic carbocycles. The molecule has 3 heteroatoms. The van der Waals surface area contributed by atoms with Crippen molar-refractivity contribution in [2.24, 2.45) is 5.73 Å². The van der Waals surface area contributed by atoms with Gasteiger partial charge in [0.15, 0.2) is 0 Å². The standard InChI is InChI=1S/C13H24N2O/c1-3-6-13(14)12-7-9-15(11-12)8-5-10-16-4-2/h7,9,11,13H,3-6,8,10,14H2,1-2H3. The zero-order valence-electron chi connectivity index (χ0n) is 10.5. The zero-order chi connectivity index (χ0) is 11.8. The van der Waals surface area contributed by atoms with Crippen molar-refractivity contribution in [3.63, 3.8) is 0 Å². The van der Waals surface area contributed by atoms with Crippen LogP contribution >= 0.6 is 0 Å². The van der Waals surface area contributed by atoms with Crippen molar-refractivity contribution < 1.29 is 4.74 Å². The largest absolute Gasteiger partial charge is 0.382 e. The lowest BCUT2D eigenvalue weighted by atomic mass is 10.1. The Hall–Kier alpha value is -0.800. The molecule has 0 aliphatic rings. The van der Waals surface area contributed by atoms with E-state index < -0.39 is 0 Å². The molecule has 3 nitrogen and oxygen atoms in total. The second-order valence-electron chi connectivity index (χ2n) is 4.13. The molecular weight excluding hydrogens is 200 g/mol. The van der Waals surface area contributed by atoms with Gasteiger partial charge in [-0.25, -0.2) is 0 Å². The molecule has 1 atom stereocenters. The smallest absolute Gasteiger partial charge is 0.0482 e. The summed E-state index contributed by atoms with van der Waals surface area (Å²) in [6.07, 6.45) is 7.52. The molecule has 0 fully saturated rings. The van der Waals surface area contributed by atoms with Gasteiger partial charge in [-0.2, -0.15) is 0 Å². The molecule has 16 heavy (non-hydrogen) atoms. The number of hydrogen-bond acceptors (Lipinski definition) is 2. The monoisotopic (exact) mass is 224 g/mol. The first-order valence-electron chi connectivity index (χ1n) is 6.27. The summed E-state index contributed by atoms with van der Waals surface area (Å²) in [5.41, 5.74) is 7.31. The topological polar surface area (TPSA) is 40.2 Å². The van der Waals surface area contributed by atoms with Crippen molar-refractivity contribution in [3.05, 3.63) is 24.0 Å². The summed E-state index contributed by atoms with van der Waals surface area (Å²) in [4.78, 5) is 0. The predicted molar refractivity (Wildman–Crippen MR) is 67.4 cm³/mol. The van der Waals surface area contributed by atoms with Crippen molar-refractivity contribution in [1.82, 2.24) is 4.57 Å². The lowest BCUT2D eigenvalue weighted by molar-refractivity contribution is 0.141. The fourth-order valence-corrected chi connectivity index (χ4v) is 1.79. The molecule has 0 aliphatic carbocycles. The summed E-state index contributed by atoms with van der Waals surface area (Å²) in [5, 5.41) is 0. The van der Waals surface area contributed by atoms with E-state index in [1.807, 2.05) is 6.92 Å². The van der Waals surface area contributed by atoms with Crippen LogP contribution in [0.25, 0.3) is 0 Å². The number of rotatable bonds is 8.